The number of aromatic nitrogens is 1. The van der Waals surface area contributed by atoms with Crippen molar-refractivity contribution >= 4 is 17.5 Å². The summed E-state index contributed by atoms with van der Waals surface area (Å²) >= 11 is 0. The van der Waals surface area contributed by atoms with Gasteiger partial charge in [0, 0.05) is 6.20 Å². The zero-order valence-electron chi connectivity index (χ0n) is 9.84. The van der Waals surface area contributed by atoms with E-state index in [9.17, 15) is 14.4 Å². The number of H-pyrrole nitrogens is 1. The van der Waals surface area contributed by atoms with Gasteiger partial charge in [0.25, 0.3) is 17.4 Å². The van der Waals surface area contributed by atoms with Gasteiger partial charge in [-0.05, 0) is 24.3 Å². The highest BCUT2D eigenvalue weighted by Crippen LogP contribution is 2.14. The van der Waals surface area contributed by atoms with Crippen LogP contribution in [0.15, 0.2) is 47.4 Å². The highest BCUT2D eigenvalue weighted by Gasteiger charge is 2.13. The standard InChI is InChI=1S/C13H11N3O3/c14-11(17)8-4-1-2-6-10(8)16-13(19)9-5-3-7-15-12(9)18/h1-7H,(H2,14,17)(H,15,18)(H,16,19). The number of hydrogen-bond donors (Lipinski definition) is 3. The molecule has 4 N–H and O–H groups in total. The number of aromatic amines is 1. The number of hydrogen-bond acceptors (Lipinski definition) is 3. The van der Waals surface area contributed by atoms with Crippen LogP contribution in [-0.4, -0.2) is 16.8 Å². The lowest BCUT2D eigenvalue weighted by atomic mass is 10.1. The van der Waals surface area contributed by atoms with Gasteiger partial charge in [0.1, 0.15) is 5.56 Å². The van der Waals surface area contributed by atoms with Crippen LogP contribution in [0.5, 0.6) is 0 Å². The number of anilines is 1. The van der Waals surface area contributed by atoms with Crippen LogP contribution in [-0.2, 0) is 0 Å². The number of carbonyl (C=O) groups is 2. The van der Waals surface area contributed by atoms with Crippen LogP contribution in [0.25, 0.3) is 0 Å². The van der Waals surface area contributed by atoms with Gasteiger partial charge in [0.15, 0.2) is 0 Å². The first kappa shape index (κ1) is 12.6. The highest BCUT2D eigenvalue weighted by atomic mass is 16.2. The monoisotopic (exact) mass is 257 g/mol. The summed E-state index contributed by atoms with van der Waals surface area (Å²) in [5.41, 5.74) is 5.11. The minimum absolute atomic E-state index is 0.0400. The molecule has 19 heavy (non-hydrogen) atoms. The lowest BCUT2D eigenvalue weighted by Crippen LogP contribution is -2.24. The van der Waals surface area contributed by atoms with Crippen molar-refractivity contribution in [3.63, 3.8) is 0 Å². The van der Waals surface area contributed by atoms with Crippen molar-refractivity contribution in [1.29, 1.82) is 0 Å². The van der Waals surface area contributed by atoms with E-state index in [-0.39, 0.29) is 16.8 Å². The Kier molecular flexibility index (Phi) is 3.42. The van der Waals surface area contributed by atoms with Crippen LogP contribution in [0, 0.1) is 0 Å². The average Bonchev–Trinajstić information content (AvgIpc) is 2.39. The van der Waals surface area contributed by atoms with Crippen LogP contribution in [0.2, 0.25) is 0 Å². The van der Waals surface area contributed by atoms with Crippen LogP contribution >= 0.6 is 0 Å². The van der Waals surface area contributed by atoms with Gasteiger partial charge in [-0.1, -0.05) is 12.1 Å². The van der Waals surface area contributed by atoms with Crippen molar-refractivity contribution in [2.24, 2.45) is 5.73 Å². The quantitative estimate of drug-likeness (QED) is 0.754. The fourth-order valence-corrected chi connectivity index (χ4v) is 1.60. The molecule has 2 amide bonds. The first-order valence-corrected chi connectivity index (χ1v) is 5.47. The number of nitrogens with two attached hydrogens (primary N) is 1. The molecular formula is C13H11N3O3. The number of primary amides is 1. The zero-order chi connectivity index (χ0) is 13.8. The molecule has 1 aromatic heterocycles. The molecule has 0 fully saturated rings. The van der Waals surface area contributed by atoms with E-state index >= 15 is 0 Å². The molecule has 0 spiro atoms. The first-order chi connectivity index (χ1) is 9.09. The molecule has 1 heterocycles. The first-order valence-electron chi connectivity index (χ1n) is 5.47. The van der Waals surface area contributed by atoms with Gasteiger partial charge >= 0.3 is 0 Å². The molecule has 1 aromatic carbocycles. The molecule has 2 aromatic rings. The van der Waals surface area contributed by atoms with Crippen LogP contribution in [0.3, 0.4) is 0 Å². The number of para-hydroxylation sites is 1. The van der Waals surface area contributed by atoms with E-state index < -0.39 is 17.4 Å². The van der Waals surface area contributed by atoms with Crippen molar-refractivity contribution in [3.05, 3.63) is 64.1 Å². The Hall–Kier alpha value is -2.89. The van der Waals surface area contributed by atoms with E-state index in [0.29, 0.717) is 0 Å². The van der Waals surface area contributed by atoms with Gasteiger partial charge < -0.3 is 16.0 Å². The van der Waals surface area contributed by atoms with Crippen molar-refractivity contribution in [3.8, 4) is 0 Å². The molecule has 2 rings (SSSR count). The average molecular weight is 257 g/mol. The fourth-order valence-electron chi connectivity index (χ4n) is 1.60. The normalized spacial score (nSPS) is 9.89. The lowest BCUT2D eigenvalue weighted by Gasteiger charge is -2.08. The van der Waals surface area contributed by atoms with E-state index in [0.717, 1.165) is 0 Å². The maximum atomic E-state index is 11.9. The van der Waals surface area contributed by atoms with E-state index in [4.69, 9.17) is 5.73 Å². The summed E-state index contributed by atoms with van der Waals surface area (Å²) in [5.74, 6) is -1.26. The van der Waals surface area contributed by atoms with Gasteiger partial charge in [-0.3, -0.25) is 14.4 Å². The molecule has 0 bridgehead atoms. The summed E-state index contributed by atoms with van der Waals surface area (Å²) in [6.07, 6.45) is 1.43. The Balaban J connectivity index is 2.33. The summed E-state index contributed by atoms with van der Waals surface area (Å²) in [5, 5.41) is 2.49. The van der Waals surface area contributed by atoms with Crippen LogP contribution in [0.4, 0.5) is 5.69 Å². The van der Waals surface area contributed by atoms with Gasteiger partial charge in [-0.2, -0.15) is 0 Å². The predicted molar refractivity (Wildman–Crippen MR) is 70.0 cm³/mol. The summed E-state index contributed by atoms with van der Waals surface area (Å²) in [6.45, 7) is 0. The number of amides is 2. The second kappa shape index (κ2) is 5.18. The molecule has 0 aliphatic carbocycles. The number of carbonyl (C=O) groups excluding carboxylic acids is 2. The molecule has 0 aliphatic heterocycles. The van der Waals surface area contributed by atoms with Gasteiger partial charge in [0.2, 0.25) is 0 Å². The fraction of sp³-hybridized carbons (Fsp3) is 0. The third-order valence-electron chi connectivity index (χ3n) is 2.50. The Labute approximate surface area is 108 Å². The molecular weight excluding hydrogens is 246 g/mol. The Bertz CT molecular complexity index is 691. The number of pyridine rings is 1. The SMILES string of the molecule is NC(=O)c1ccccc1NC(=O)c1ccc[nH]c1=O. The summed E-state index contributed by atoms with van der Waals surface area (Å²) in [7, 11) is 0. The maximum Gasteiger partial charge on any atom is 0.261 e. The molecule has 0 radical (unpaired) electrons. The highest BCUT2D eigenvalue weighted by molar-refractivity contribution is 6.08. The maximum absolute atomic E-state index is 11.9. The van der Waals surface area contributed by atoms with Crippen molar-refractivity contribution in [2.75, 3.05) is 5.32 Å². The van der Waals surface area contributed by atoms with Crippen molar-refractivity contribution in [2.45, 2.75) is 0 Å². The zero-order valence-corrected chi connectivity index (χ0v) is 9.84. The van der Waals surface area contributed by atoms with Gasteiger partial charge in [0.05, 0.1) is 11.3 Å². The molecule has 0 unspecified atom stereocenters. The Morgan fingerprint density at radius 2 is 1.74 bits per heavy atom. The Morgan fingerprint density at radius 3 is 2.42 bits per heavy atom. The third-order valence-corrected chi connectivity index (χ3v) is 2.50. The molecule has 0 atom stereocenters. The molecule has 0 saturated carbocycles. The number of nitrogens with one attached hydrogen (secondary N) is 2. The molecule has 96 valence electrons. The molecule has 6 nitrogen and oxygen atoms in total. The van der Waals surface area contributed by atoms with E-state index in [1.807, 2.05) is 0 Å². The smallest absolute Gasteiger partial charge is 0.261 e. The Morgan fingerprint density at radius 1 is 1.05 bits per heavy atom. The van der Waals surface area contributed by atoms with E-state index in [1.54, 1.807) is 12.1 Å². The minimum Gasteiger partial charge on any atom is -0.366 e. The molecule has 0 saturated heterocycles. The lowest BCUT2D eigenvalue weighted by molar-refractivity contribution is 0.100. The second-order valence-electron chi connectivity index (χ2n) is 3.78. The third kappa shape index (κ3) is 2.68. The minimum atomic E-state index is -0.655. The van der Waals surface area contributed by atoms with Gasteiger partial charge in [-0.15, -0.1) is 0 Å². The van der Waals surface area contributed by atoms with Crippen LogP contribution in [0.1, 0.15) is 20.7 Å². The largest absolute Gasteiger partial charge is 0.366 e. The molecule has 0 aliphatic rings. The summed E-state index contributed by atoms with van der Waals surface area (Å²) < 4.78 is 0. The van der Waals surface area contributed by atoms with Crippen molar-refractivity contribution in [1.82, 2.24) is 4.98 Å². The van der Waals surface area contributed by atoms with E-state index in [1.165, 1.54) is 30.5 Å². The van der Waals surface area contributed by atoms with Gasteiger partial charge in [-0.25, -0.2) is 0 Å². The number of rotatable bonds is 3. The summed E-state index contributed by atoms with van der Waals surface area (Å²) in [6, 6.07) is 9.24. The van der Waals surface area contributed by atoms with Crippen LogP contribution < -0.4 is 16.6 Å². The number of benzene rings is 1. The topological polar surface area (TPSA) is 105 Å². The van der Waals surface area contributed by atoms with E-state index in [2.05, 4.69) is 10.3 Å². The predicted octanol–water partition coefficient (Wildman–Crippen LogP) is 0.726. The summed E-state index contributed by atoms with van der Waals surface area (Å²) in [4.78, 5) is 37.0. The second-order valence-corrected chi connectivity index (χ2v) is 3.78. The molecule has 6 heteroatoms. The van der Waals surface area contributed by atoms with Crippen molar-refractivity contribution < 1.29 is 9.59 Å².